The predicted molar refractivity (Wildman–Crippen MR) is 79.1 cm³/mol. The highest BCUT2D eigenvalue weighted by Crippen LogP contribution is 2.23. The molecule has 0 spiro atoms. The number of para-hydroxylation sites is 1. The third-order valence-corrected chi connectivity index (χ3v) is 4.25. The van der Waals surface area contributed by atoms with E-state index >= 15 is 0 Å². The highest BCUT2D eigenvalue weighted by Gasteiger charge is 2.13. The molecule has 1 aromatic heterocycles. The van der Waals surface area contributed by atoms with Gasteiger partial charge >= 0.3 is 0 Å². The van der Waals surface area contributed by atoms with Crippen LogP contribution in [-0.4, -0.2) is 10.8 Å². The van der Waals surface area contributed by atoms with Crippen LogP contribution in [-0.2, 0) is 6.42 Å². The van der Waals surface area contributed by atoms with Gasteiger partial charge < -0.3 is 0 Å². The minimum absolute atomic E-state index is 0.0274. The SMILES string of the molecule is O=C(Cc1ccc(F)c(Cl)c1)c1nc2ccccc2s1. The molecule has 0 aliphatic carbocycles. The molecule has 3 aromatic rings. The van der Waals surface area contributed by atoms with Crippen molar-refractivity contribution in [2.24, 2.45) is 0 Å². The fourth-order valence-electron chi connectivity index (χ4n) is 1.90. The molecule has 0 aliphatic heterocycles. The summed E-state index contributed by atoms with van der Waals surface area (Å²) in [6.07, 6.45) is 0.166. The molecule has 5 heteroatoms. The van der Waals surface area contributed by atoms with Crippen LogP contribution in [0.2, 0.25) is 5.02 Å². The number of Topliss-reactive ketones (excluding diaryl/α,β-unsaturated/α-hetero) is 1. The summed E-state index contributed by atoms with van der Waals surface area (Å²) in [5.74, 6) is -0.572. The van der Waals surface area contributed by atoms with Crippen LogP contribution in [0.1, 0.15) is 15.4 Å². The van der Waals surface area contributed by atoms with E-state index in [1.165, 1.54) is 23.5 Å². The second-order valence-electron chi connectivity index (χ2n) is 4.34. The lowest BCUT2D eigenvalue weighted by atomic mass is 10.1. The van der Waals surface area contributed by atoms with Crippen LogP contribution in [0.5, 0.6) is 0 Å². The van der Waals surface area contributed by atoms with Crippen molar-refractivity contribution in [1.29, 1.82) is 0 Å². The number of ketones is 1. The normalized spacial score (nSPS) is 10.9. The number of hydrogen-bond donors (Lipinski definition) is 0. The van der Waals surface area contributed by atoms with Gasteiger partial charge in [-0.25, -0.2) is 9.37 Å². The number of thiazole rings is 1. The summed E-state index contributed by atoms with van der Waals surface area (Å²) in [5, 5.41) is 0.492. The first kappa shape index (κ1) is 13.2. The lowest BCUT2D eigenvalue weighted by Gasteiger charge is -2.00. The van der Waals surface area contributed by atoms with Crippen molar-refractivity contribution < 1.29 is 9.18 Å². The van der Waals surface area contributed by atoms with Gasteiger partial charge in [0.1, 0.15) is 5.82 Å². The van der Waals surface area contributed by atoms with Crippen molar-refractivity contribution in [3.63, 3.8) is 0 Å². The monoisotopic (exact) mass is 305 g/mol. The quantitative estimate of drug-likeness (QED) is 0.666. The molecule has 0 radical (unpaired) electrons. The molecule has 0 N–H and O–H groups in total. The zero-order valence-corrected chi connectivity index (χ0v) is 11.8. The Bertz CT molecular complexity index is 766. The Morgan fingerprint density at radius 1 is 1.25 bits per heavy atom. The molecule has 0 aliphatic rings. The van der Waals surface area contributed by atoms with Crippen LogP contribution >= 0.6 is 22.9 Å². The van der Waals surface area contributed by atoms with Gasteiger partial charge in [-0.15, -0.1) is 11.3 Å². The van der Waals surface area contributed by atoms with Gasteiger partial charge in [0, 0.05) is 6.42 Å². The highest BCUT2D eigenvalue weighted by molar-refractivity contribution is 7.20. The van der Waals surface area contributed by atoms with Crippen LogP contribution < -0.4 is 0 Å². The van der Waals surface area contributed by atoms with Crippen LogP contribution in [0.4, 0.5) is 4.39 Å². The summed E-state index contributed by atoms with van der Waals surface area (Å²) in [5.41, 5.74) is 1.50. The highest BCUT2D eigenvalue weighted by atomic mass is 35.5. The summed E-state index contributed by atoms with van der Waals surface area (Å²) in [4.78, 5) is 16.5. The molecule has 1 heterocycles. The minimum atomic E-state index is -0.483. The smallest absolute Gasteiger partial charge is 0.195 e. The van der Waals surface area contributed by atoms with E-state index in [1.54, 1.807) is 6.07 Å². The lowest BCUT2D eigenvalue weighted by molar-refractivity contribution is 0.0993. The molecule has 0 bridgehead atoms. The molecule has 0 amide bonds. The van der Waals surface area contributed by atoms with Crippen molar-refractivity contribution in [3.05, 3.63) is 63.9 Å². The molecule has 0 atom stereocenters. The number of carbonyl (C=O) groups is 1. The zero-order chi connectivity index (χ0) is 14.1. The maximum atomic E-state index is 13.1. The van der Waals surface area contributed by atoms with Gasteiger partial charge in [-0.1, -0.05) is 29.8 Å². The van der Waals surface area contributed by atoms with Crippen molar-refractivity contribution in [3.8, 4) is 0 Å². The lowest BCUT2D eigenvalue weighted by Crippen LogP contribution is -2.03. The number of carbonyl (C=O) groups excluding carboxylic acids is 1. The second kappa shape index (κ2) is 5.31. The third kappa shape index (κ3) is 2.57. The number of benzene rings is 2. The molecule has 0 fully saturated rings. The van der Waals surface area contributed by atoms with Crippen molar-refractivity contribution in [2.45, 2.75) is 6.42 Å². The van der Waals surface area contributed by atoms with Gasteiger partial charge in [0.25, 0.3) is 0 Å². The van der Waals surface area contributed by atoms with E-state index in [9.17, 15) is 9.18 Å². The summed E-state index contributed by atoms with van der Waals surface area (Å²) in [7, 11) is 0. The van der Waals surface area contributed by atoms with E-state index in [0.717, 1.165) is 10.2 Å². The van der Waals surface area contributed by atoms with Crippen LogP contribution in [0.15, 0.2) is 42.5 Å². The molecule has 2 aromatic carbocycles. The predicted octanol–water partition coefficient (Wildman–Crippen LogP) is 4.51. The van der Waals surface area contributed by atoms with Gasteiger partial charge in [-0.2, -0.15) is 0 Å². The zero-order valence-electron chi connectivity index (χ0n) is 10.3. The van der Waals surface area contributed by atoms with Gasteiger partial charge in [-0.05, 0) is 29.8 Å². The first-order valence-corrected chi connectivity index (χ1v) is 7.15. The summed E-state index contributed by atoms with van der Waals surface area (Å²) in [6.45, 7) is 0. The van der Waals surface area contributed by atoms with Gasteiger partial charge in [-0.3, -0.25) is 4.79 Å². The molecule has 100 valence electrons. The summed E-state index contributed by atoms with van der Waals surface area (Å²) in [6, 6.07) is 11.9. The Balaban J connectivity index is 1.86. The Labute approximate surface area is 123 Å². The molecular formula is C15H9ClFNOS. The Hall–Kier alpha value is -1.78. The van der Waals surface area contributed by atoms with Crippen LogP contribution in [0.3, 0.4) is 0 Å². The van der Waals surface area contributed by atoms with Crippen molar-refractivity contribution in [1.82, 2.24) is 4.98 Å². The standard InChI is InChI=1S/C15H9ClFNOS/c16-10-7-9(5-6-11(10)17)8-13(19)15-18-12-3-1-2-4-14(12)20-15/h1-7H,8H2. The van der Waals surface area contributed by atoms with Gasteiger partial charge in [0.05, 0.1) is 15.2 Å². The Kier molecular flexibility index (Phi) is 3.51. The van der Waals surface area contributed by atoms with E-state index in [1.807, 2.05) is 24.3 Å². The number of nitrogens with zero attached hydrogens (tertiary/aromatic N) is 1. The Morgan fingerprint density at radius 2 is 2.05 bits per heavy atom. The largest absolute Gasteiger partial charge is 0.291 e. The van der Waals surface area contributed by atoms with Crippen LogP contribution in [0, 0.1) is 5.82 Å². The maximum Gasteiger partial charge on any atom is 0.195 e. The van der Waals surface area contributed by atoms with E-state index in [2.05, 4.69) is 4.98 Å². The number of hydrogen-bond acceptors (Lipinski definition) is 3. The maximum absolute atomic E-state index is 13.1. The van der Waals surface area contributed by atoms with Gasteiger partial charge in [0.2, 0.25) is 0 Å². The minimum Gasteiger partial charge on any atom is -0.291 e. The topological polar surface area (TPSA) is 30.0 Å². The Morgan fingerprint density at radius 3 is 2.80 bits per heavy atom. The fourth-order valence-corrected chi connectivity index (χ4v) is 3.01. The molecule has 0 saturated heterocycles. The number of fused-ring (bicyclic) bond motifs is 1. The molecule has 2 nitrogen and oxygen atoms in total. The molecule has 0 unspecified atom stereocenters. The average Bonchev–Trinajstić information content (AvgIpc) is 2.87. The fraction of sp³-hybridized carbons (Fsp3) is 0.0667. The van der Waals surface area contributed by atoms with E-state index in [-0.39, 0.29) is 17.2 Å². The number of aromatic nitrogens is 1. The van der Waals surface area contributed by atoms with E-state index in [4.69, 9.17) is 11.6 Å². The van der Waals surface area contributed by atoms with E-state index < -0.39 is 5.82 Å². The molecule has 20 heavy (non-hydrogen) atoms. The molecule has 3 rings (SSSR count). The first-order chi connectivity index (χ1) is 9.63. The number of halogens is 2. The average molecular weight is 306 g/mol. The molecular weight excluding hydrogens is 297 g/mol. The van der Waals surface area contributed by atoms with Crippen molar-refractivity contribution in [2.75, 3.05) is 0 Å². The summed E-state index contributed by atoms with van der Waals surface area (Å²) >= 11 is 7.07. The van der Waals surface area contributed by atoms with Gasteiger partial charge in [0.15, 0.2) is 10.8 Å². The third-order valence-electron chi connectivity index (χ3n) is 2.88. The summed E-state index contributed by atoms with van der Waals surface area (Å²) < 4.78 is 14.1. The van der Waals surface area contributed by atoms with Crippen molar-refractivity contribution >= 4 is 38.9 Å². The van der Waals surface area contributed by atoms with E-state index in [0.29, 0.717) is 10.6 Å². The molecule has 0 saturated carbocycles. The second-order valence-corrected chi connectivity index (χ2v) is 5.77. The first-order valence-electron chi connectivity index (χ1n) is 5.96. The number of rotatable bonds is 3. The van der Waals surface area contributed by atoms with Crippen LogP contribution in [0.25, 0.3) is 10.2 Å².